The highest BCUT2D eigenvalue weighted by atomic mass is 32.2. The number of nitrogens with one attached hydrogen (secondary N) is 1. The average Bonchev–Trinajstić information content (AvgIpc) is 2.71. The van der Waals surface area contributed by atoms with E-state index in [2.05, 4.69) is 24.6 Å². The number of ether oxygens (including phenoxy) is 2. The van der Waals surface area contributed by atoms with E-state index in [1.165, 1.54) is 12.7 Å². The molecule has 2 aromatic rings. The Hall–Kier alpha value is -2.05. The molecule has 0 amide bonds. The number of sulfonamides is 1. The Morgan fingerprint density at radius 1 is 0.867 bits per heavy atom. The first-order valence-electron chi connectivity index (χ1n) is 10.6. The van der Waals surface area contributed by atoms with Gasteiger partial charge in [0.15, 0.2) is 0 Å². The number of fused-ring (bicyclic) bond motifs is 1. The largest absolute Gasteiger partial charge is 0.496 e. The third-order valence-electron chi connectivity index (χ3n) is 5.96. The van der Waals surface area contributed by atoms with Gasteiger partial charge in [-0.25, -0.2) is 13.1 Å². The topological polar surface area (TPSA) is 64.6 Å². The summed E-state index contributed by atoms with van der Waals surface area (Å²) in [6.07, 6.45) is 4.10. The van der Waals surface area contributed by atoms with Crippen molar-refractivity contribution in [2.45, 2.75) is 70.2 Å². The zero-order valence-corrected chi connectivity index (χ0v) is 19.7. The van der Waals surface area contributed by atoms with Gasteiger partial charge in [0.25, 0.3) is 0 Å². The first-order valence-corrected chi connectivity index (χ1v) is 12.1. The maximum Gasteiger partial charge on any atom is 0.244 e. The lowest BCUT2D eigenvalue weighted by Crippen LogP contribution is -2.28. The minimum absolute atomic E-state index is 0.216. The molecule has 3 rings (SSSR count). The van der Waals surface area contributed by atoms with E-state index in [1.807, 2.05) is 26.0 Å². The predicted molar refractivity (Wildman–Crippen MR) is 120 cm³/mol. The van der Waals surface area contributed by atoms with E-state index in [9.17, 15) is 8.42 Å². The number of rotatable bonds is 7. The number of hydrogen-bond donors (Lipinski definition) is 1. The number of methoxy groups -OCH3 is 2. The van der Waals surface area contributed by atoms with Gasteiger partial charge in [-0.2, -0.15) is 0 Å². The van der Waals surface area contributed by atoms with Gasteiger partial charge >= 0.3 is 0 Å². The summed E-state index contributed by atoms with van der Waals surface area (Å²) in [5, 5.41) is 0. The molecule has 1 N–H and O–H groups in total. The lowest BCUT2D eigenvalue weighted by Gasteiger charge is -2.23. The monoisotopic (exact) mass is 431 g/mol. The summed E-state index contributed by atoms with van der Waals surface area (Å²) in [4.78, 5) is 0.216. The molecule has 0 saturated carbocycles. The van der Waals surface area contributed by atoms with Crippen LogP contribution in [0, 0.1) is 6.92 Å². The van der Waals surface area contributed by atoms with Gasteiger partial charge in [-0.05, 0) is 97.5 Å². The lowest BCUT2D eigenvalue weighted by molar-refractivity contribution is 0.400. The fraction of sp³-hybridized carbons (Fsp3) is 0.500. The first-order chi connectivity index (χ1) is 14.2. The Labute approximate surface area is 180 Å². The van der Waals surface area contributed by atoms with E-state index in [0.29, 0.717) is 5.75 Å². The molecule has 30 heavy (non-hydrogen) atoms. The van der Waals surface area contributed by atoms with Crippen LogP contribution in [0.2, 0.25) is 0 Å². The highest BCUT2D eigenvalue weighted by Crippen LogP contribution is 2.35. The van der Waals surface area contributed by atoms with Crippen molar-refractivity contribution in [1.82, 2.24) is 4.72 Å². The van der Waals surface area contributed by atoms with Gasteiger partial charge in [-0.15, -0.1) is 0 Å². The molecule has 0 radical (unpaired) electrons. The van der Waals surface area contributed by atoms with Crippen LogP contribution in [0.1, 0.15) is 73.4 Å². The summed E-state index contributed by atoms with van der Waals surface area (Å²) in [6.45, 7) is 8.06. The number of aryl methyl sites for hydroxylation is 3. The average molecular weight is 432 g/mol. The van der Waals surface area contributed by atoms with Crippen LogP contribution in [-0.4, -0.2) is 22.6 Å². The van der Waals surface area contributed by atoms with Crippen LogP contribution in [0.5, 0.6) is 11.5 Å². The van der Waals surface area contributed by atoms with Crippen molar-refractivity contribution in [2.24, 2.45) is 0 Å². The second-order valence-corrected chi connectivity index (χ2v) is 10.1. The van der Waals surface area contributed by atoms with Crippen LogP contribution >= 0.6 is 0 Å². The van der Waals surface area contributed by atoms with Crippen molar-refractivity contribution in [1.29, 1.82) is 0 Å². The third kappa shape index (κ3) is 4.49. The van der Waals surface area contributed by atoms with Gasteiger partial charge in [0.1, 0.15) is 16.4 Å². The van der Waals surface area contributed by atoms with E-state index in [1.54, 1.807) is 13.2 Å². The molecule has 0 aromatic heterocycles. The van der Waals surface area contributed by atoms with Crippen molar-refractivity contribution >= 4 is 10.0 Å². The van der Waals surface area contributed by atoms with Crippen LogP contribution in [-0.2, 0) is 22.9 Å². The standard InChI is InChI=1S/C24H33NO4S/c1-15(2)20-14-21(16(3)11-22(20)28-5)17(4)25-30(26,27)24-13-19-10-8-7-9-18(19)12-23(24)29-6/h11-15,17,25H,7-10H2,1-6H3/t17-/m1/s1. The summed E-state index contributed by atoms with van der Waals surface area (Å²) in [7, 11) is -0.571. The molecule has 164 valence electrons. The molecule has 6 heteroatoms. The maximum atomic E-state index is 13.3. The van der Waals surface area contributed by atoms with Crippen LogP contribution in [0.25, 0.3) is 0 Å². The van der Waals surface area contributed by atoms with E-state index in [4.69, 9.17) is 9.47 Å². The summed E-state index contributed by atoms with van der Waals surface area (Å²) < 4.78 is 40.5. The smallest absolute Gasteiger partial charge is 0.244 e. The second kappa shape index (κ2) is 8.98. The van der Waals surface area contributed by atoms with Gasteiger partial charge in [-0.3, -0.25) is 0 Å². The molecule has 0 unspecified atom stereocenters. The SMILES string of the molecule is COc1cc(C)c([C@@H](C)NS(=O)(=O)c2cc3c(cc2OC)CCCC3)cc1C(C)C. The summed E-state index contributed by atoms with van der Waals surface area (Å²) >= 11 is 0. The van der Waals surface area contributed by atoms with Crippen molar-refractivity contribution in [2.75, 3.05) is 14.2 Å². The Balaban J connectivity index is 1.97. The zero-order chi connectivity index (χ0) is 22.1. The molecular formula is C24H33NO4S. The molecule has 0 aliphatic heterocycles. The Kier molecular flexibility index (Phi) is 6.78. The molecule has 1 aliphatic rings. The van der Waals surface area contributed by atoms with Crippen LogP contribution < -0.4 is 14.2 Å². The van der Waals surface area contributed by atoms with Crippen molar-refractivity contribution in [3.8, 4) is 11.5 Å². The van der Waals surface area contributed by atoms with Gasteiger partial charge in [0, 0.05) is 6.04 Å². The molecule has 0 saturated heterocycles. The fourth-order valence-corrected chi connectivity index (χ4v) is 5.70. The molecular weight excluding hydrogens is 398 g/mol. The quantitative estimate of drug-likeness (QED) is 0.666. The van der Waals surface area contributed by atoms with Gasteiger partial charge in [-0.1, -0.05) is 13.8 Å². The van der Waals surface area contributed by atoms with Crippen LogP contribution in [0.4, 0.5) is 0 Å². The summed E-state index contributed by atoms with van der Waals surface area (Å²) in [6, 6.07) is 7.33. The Morgan fingerprint density at radius 3 is 2.03 bits per heavy atom. The second-order valence-electron chi connectivity index (χ2n) is 8.43. The molecule has 1 atom stereocenters. The lowest BCUT2D eigenvalue weighted by atomic mass is 9.92. The third-order valence-corrected chi connectivity index (χ3v) is 7.52. The predicted octanol–water partition coefficient (Wildman–Crippen LogP) is 5.05. The van der Waals surface area contributed by atoms with Gasteiger partial charge in [0.05, 0.1) is 14.2 Å². The summed E-state index contributed by atoms with van der Waals surface area (Å²) in [5.74, 6) is 1.51. The van der Waals surface area contributed by atoms with Gasteiger partial charge < -0.3 is 9.47 Å². The molecule has 0 fully saturated rings. The summed E-state index contributed by atoms with van der Waals surface area (Å²) in [5.41, 5.74) is 5.30. The Morgan fingerprint density at radius 2 is 1.47 bits per heavy atom. The number of benzene rings is 2. The van der Waals surface area contributed by atoms with E-state index < -0.39 is 10.0 Å². The first kappa shape index (κ1) is 22.6. The van der Waals surface area contributed by atoms with Crippen molar-refractivity contribution in [3.63, 3.8) is 0 Å². The van der Waals surface area contributed by atoms with E-state index in [-0.39, 0.29) is 16.9 Å². The minimum atomic E-state index is -3.76. The molecule has 1 aliphatic carbocycles. The minimum Gasteiger partial charge on any atom is -0.496 e. The van der Waals surface area contributed by atoms with Crippen molar-refractivity contribution in [3.05, 3.63) is 52.1 Å². The van der Waals surface area contributed by atoms with Crippen LogP contribution in [0.15, 0.2) is 29.2 Å². The Bertz CT molecular complexity index is 1030. The van der Waals surface area contributed by atoms with E-state index in [0.717, 1.165) is 53.7 Å². The highest BCUT2D eigenvalue weighted by molar-refractivity contribution is 7.89. The molecule has 2 aromatic carbocycles. The van der Waals surface area contributed by atoms with Gasteiger partial charge in [0.2, 0.25) is 10.0 Å². The van der Waals surface area contributed by atoms with Crippen molar-refractivity contribution < 1.29 is 17.9 Å². The molecule has 0 bridgehead atoms. The highest BCUT2D eigenvalue weighted by Gasteiger charge is 2.26. The van der Waals surface area contributed by atoms with E-state index >= 15 is 0 Å². The molecule has 0 spiro atoms. The fourth-order valence-electron chi connectivity index (χ4n) is 4.28. The number of hydrogen-bond acceptors (Lipinski definition) is 4. The maximum absolute atomic E-state index is 13.3. The zero-order valence-electron chi connectivity index (χ0n) is 18.8. The normalized spacial score (nSPS) is 15.0. The van der Waals surface area contributed by atoms with Crippen LogP contribution in [0.3, 0.4) is 0 Å². The molecule has 5 nitrogen and oxygen atoms in total. The molecule has 0 heterocycles.